The molecule has 1 N–H and O–H groups in total. The molecule has 0 saturated carbocycles. The predicted octanol–water partition coefficient (Wildman–Crippen LogP) is 0.785. The average molecular weight is 215 g/mol. The van der Waals surface area contributed by atoms with Crippen LogP contribution in [0.15, 0.2) is 0 Å². The average Bonchev–Trinajstić information content (AvgIpc) is 2.57. The van der Waals surface area contributed by atoms with Gasteiger partial charge in [-0.15, -0.1) is 0 Å². The van der Waals surface area contributed by atoms with Crippen molar-refractivity contribution in [2.45, 2.75) is 44.8 Å². The molecule has 4 heteroatoms. The molecule has 1 aliphatic rings. The lowest BCUT2D eigenvalue weighted by Crippen LogP contribution is -2.38. The van der Waals surface area contributed by atoms with E-state index in [1.54, 1.807) is 12.0 Å². The molecule has 0 spiro atoms. The third-order valence-electron chi connectivity index (χ3n) is 2.82. The molecule has 0 aromatic carbocycles. The maximum atomic E-state index is 11.8. The summed E-state index contributed by atoms with van der Waals surface area (Å²) in [6.45, 7) is 3.06. The number of carbonyl (C=O) groups excluding carboxylic acids is 1. The summed E-state index contributed by atoms with van der Waals surface area (Å²) < 4.78 is 5.05. The Bertz CT molecular complexity index is 208. The minimum atomic E-state index is -0.379. The minimum Gasteiger partial charge on any atom is -0.391 e. The topological polar surface area (TPSA) is 49.8 Å². The minimum absolute atomic E-state index is 0.0642. The van der Waals surface area contributed by atoms with Crippen LogP contribution in [0.1, 0.15) is 32.6 Å². The molecule has 0 unspecified atom stereocenters. The van der Waals surface area contributed by atoms with Crippen LogP contribution in [-0.4, -0.2) is 48.3 Å². The van der Waals surface area contributed by atoms with Gasteiger partial charge in [0, 0.05) is 20.1 Å². The van der Waals surface area contributed by atoms with E-state index in [4.69, 9.17) is 4.74 Å². The Morgan fingerprint density at radius 3 is 2.93 bits per heavy atom. The Balaban J connectivity index is 2.46. The molecule has 15 heavy (non-hydrogen) atoms. The number of rotatable bonds is 5. The standard InChI is InChI=1S/C11H21NO3/c1-3-4-5-11(14)12-7-10(13)6-9(12)8-15-2/h9-10,13H,3-8H2,1-2H3/t9-,10+/m0/s1. The van der Waals surface area contributed by atoms with E-state index < -0.39 is 0 Å². The summed E-state index contributed by atoms with van der Waals surface area (Å²) in [6, 6.07) is 0.0642. The van der Waals surface area contributed by atoms with Crippen LogP contribution in [0.25, 0.3) is 0 Å². The van der Waals surface area contributed by atoms with E-state index in [9.17, 15) is 9.90 Å². The van der Waals surface area contributed by atoms with Crippen molar-refractivity contribution in [2.24, 2.45) is 0 Å². The van der Waals surface area contributed by atoms with E-state index in [0.717, 1.165) is 12.8 Å². The van der Waals surface area contributed by atoms with Gasteiger partial charge in [-0.3, -0.25) is 4.79 Å². The summed E-state index contributed by atoms with van der Waals surface area (Å²) in [6.07, 6.45) is 2.80. The Kier molecular flexibility index (Phi) is 5.05. The van der Waals surface area contributed by atoms with Gasteiger partial charge in [0.25, 0.3) is 0 Å². The van der Waals surface area contributed by atoms with Crippen molar-refractivity contribution in [1.82, 2.24) is 4.90 Å². The fourth-order valence-corrected chi connectivity index (χ4v) is 2.02. The summed E-state index contributed by atoms with van der Waals surface area (Å²) in [4.78, 5) is 13.6. The van der Waals surface area contributed by atoms with Crippen molar-refractivity contribution in [2.75, 3.05) is 20.3 Å². The second kappa shape index (κ2) is 6.08. The SMILES string of the molecule is CCCCC(=O)N1C[C@H](O)C[C@H]1COC. The Labute approximate surface area is 91.2 Å². The maximum Gasteiger partial charge on any atom is 0.222 e. The first-order chi connectivity index (χ1) is 7.19. The lowest BCUT2D eigenvalue weighted by atomic mass is 10.2. The second-order valence-corrected chi connectivity index (χ2v) is 4.15. The second-order valence-electron chi connectivity index (χ2n) is 4.15. The molecule has 0 bridgehead atoms. The van der Waals surface area contributed by atoms with Crippen LogP contribution in [0, 0.1) is 0 Å². The number of β-amino-alcohol motifs (C(OH)–C–C–N with tert-alkyl or cyclic N) is 1. The third-order valence-corrected chi connectivity index (χ3v) is 2.82. The number of hydrogen-bond acceptors (Lipinski definition) is 3. The van der Waals surface area contributed by atoms with Gasteiger partial charge in [-0.1, -0.05) is 13.3 Å². The van der Waals surface area contributed by atoms with Gasteiger partial charge in [-0.2, -0.15) is 0 Å². The third kappa shape index (κ3) is 3.47. The number of carbonyl (C=O) groups is 1. The Morgan fingerprint density at radius 2 is 2.33 bits per heavy atom. The number of aliphatic hydroxyl groups is 1. The van der Waals surface area contributed by atoms with E-state index in [0.29, 0.717) is 26.0 Å². The van der Waals surface area contributed by atoms with Crippen LogP contribution in [0.2, 0.25) is 0 Å². The number of hydrogen-bond donors (Lipinski definition) is 1. The molecule has 0 aromatic rings. The zero-order chi connectivity index (χ0) is 11.3. The molecular weight excluding hydrogens is 194 g/mol. The maximum absolute atomic E-state index is 11.8. The predicted molar refractivity (Wildman–Crippen MR) is 57.5 cm³/mol. The van der Waals surface area contributed by atoms with E-state index in [1.165, 1.54) is 0 Å². The van der Waals surface area contributed by atoms with Crippen LogP contribution in [0.5, 0.6) is 0 Å². The van der Waals surface area contributed by atoms with Gasteiger partial charge in [0.15, 0.2) is 0 Å². The molecule has 1 saturated heterocycles. The number of unbranched alkanes of at least 4 members (excludes halogenated alkanes) is 1. The molecule has 2 atom stereocenters. The highest BCUT2D eigenvalue weighted by molar-refractivity contribution is 5.76. The molecular formula is C11H21NO3. The van der Waals surface area contributed by atoms with Crippen LogP contribution < -0.4 is 0 Å². The van der Waals surface area contributed by atoms with Gasteiger partial charge in [-0.05, 0) is 12.8 Å². The molecule has 1 rings (SSSR count). The van der Waals surface area contributed by atoms with Crippen molar-refractivity contribution in [3.05, 3.63) is 0 Å². The first kappa shape index (κ1) is 12.5. The van der Waals surface area contributed by atoms with Crippen molar-refractivity contribution in [1.29, 1.82) is 0 Å². The molecule has 1 fully saturated rings. The molecule has 1 aliphatic heterocycles. The van der Waals surface area contributed by atoms with Gasteiger partial charge in [0.2, 0.25) is 5.91 Å². The first-order valence-corrected chi connectivity index (χ1v) is 5.65. The smallest absolute Gasteiger partial charge is 0.222 e. The molecule has 1 amide bonds. The first-order valence-electron chi connectivity index (χ1n) is 5.65. The summed E-state index contributed by atoms with van der Waals surface area (Å²) in [7, 11) is 1.62. The van der Waals surface area contributed by atoms with Crippen molar-refractivity contribution in [3.8, 4) is 0 Å². The van der Waals surface area contributed by atoms with Crippen molar-refractivity contribution in [3.63, 3.8) is 0 Å². The zero-order valence-electron chi connectivity index (χ0n) is 9.61. The Morgan fingerprint density at radius 1 is 1.60 bits per heavy atom. The summed E-state index contributed by atoms with van der Waals surface area (Å²) in [5.41, 5.74) is 0. The van der Waals surface area contributed by atoms with Gasteiger partial charge >= 0.3 is 0 Å². The van der Waals surface area contributed by atoms with Crippen LogP contribution >= 0.6 is 0 Å². The number of nitrogens with zero attached hydrogens (tertiary/aromatic N) is 1. The van der Waals surface area contributed by atoms with Gasteiger partial charge < -0.3 is 14.7 Å². The molecule has 0 aliphatic carbocycles. The number of methoxy groups -OCH3 is 1. The Hall–Kier alpha value is -0.610. The van der Waals surface area contributed by atoms with E-state index in [2.05, 4.69) is 6.92 Å². The molecule has 1 heterocycles. The fraction of sp³-hybridized carbons (Fsp3) is 0.909. The van der Waals surface area contributed by atoms with Crippen LogP contribution in [0.3, 0.4) is 0 Å². The number of likely N-dealkylation sites (tertiary alicyclic amines) is 1. The lowest BCUT2D eigenvalue weighted by molar-refractivity contribution is -0.133. The van der Waals surface area contributed by atoms with Crippen molar-refractivity contribution < 1.29 is 14.6 Å². The summed E-state index contributed by atoms with van der Waals surface area (Å²) in [5, 5.41) is 9.52. The number of amides is 1. The molecule has 0 aromatic heterocycles. The quantitative estimate of drug-likeness (QED) is 0.737. The summed E-state index contributed by atoms with van der Waals surface area (Å²) in [5.74, 6) is 0.149. The zero-order valence-corrected chi connectivity index (χ0v) is 9.61. The number of aliphatic hydroxyl groups excluding tert-OH is 1. The number of ether oxygens (including phenoxy) is 1. The van der Waals surface area contributed by atoms with Crippen LogP contribution in [-0.2, 0) is 9.53 Å². The molecule has 88 valence electrons. The highest BCUT2D eigenvalue weighted by atomic mass is 16.5. The fourth-order valence-electron chi connectivity index (χ4n) is 2.02. The molecule has 0 radical (unpaired) electrons. The molecule has 4 nitrogen and oxygen atoms in total. The largest absolute Gasteiger partial charge is 0.391 e. The lowest BCUT2D eigenvalue weighted by Gasteiger charge is -2.23. The monoisotopic (exact) mass is 215 g/mol. The summed E-state index contributed by atoms with van der Waals surface area (Å²) >= 11 is 0. The van der Waals surface area contributed by atoms with E-state index >= 15 is 0 Å². The highest BCUT2D eigenvalue weighted by Gasteiger charge is 2.33. The van der Waals surface area contributed by atoms with E-state index in [1.807, 2.05) is 0 Å². The van der Waals surface area contributed by atoms with Gasteiger partial charge in [-0.25, -0.2) is 0 Å². The van der Waals surface area contributed by atoms with Gasteiger partial charge in [0.05, 0.1) is 18.8 Å². The van der Waals surface area contributed by atoms with E-state index in [-0.39, 0.29) is 18.1 Å². The highest BCUT2D eigenvalue weighted by Crippen LogP contribution is 2.19. The normalized spacial score (nSPS) is 25.9. The van der Waals surface area contributed by atoms with Crippen molar-refractivity contribution >= 4 is 5.91 Å². The van der Waals surface area contributed by atoms with Gasteiger partial charge in [0.1, 0.15) is 0 Å². The van der Waals surface area contributed by atoms with Crippen LogP contribution in [0.4, 0.5) is 0 Å².